The van der Waals surface area contributed by atoms with Gasteiger partial charge in [0.25, 0.3) is 0 Å². The molecule has 2 heterocycles. The normalized spacial score (nSPS) is 13.7. The smallest absolute Gasteiger partial charge is 0.417 e. The number of piperidine rings is 1. The number of hydrogen-bond donors (Lipinski definition) is 2. The molecule has 1 aromatic heterocycles. The van der Waals surface area contributed by atoms with Gasteiger partial charge in [0.05, 0.1) is 19.4 Å². The number of amides is 1. The average molecular weight is 478 g/mol. The molecule has 0 aliphatic carbocycles. The van der Waals surface area contributed by atoms with Crippen LogP contribution in [0.1, 0.15) is 25.7 Å². The summed E-state index contributed by atoms with van der Waals surface area (Å²) in [5, 5.41) is 12.9. The highest BCUT2D eigenvalue weighted by molar-refractivity contribution is 5.93. The Hall–Kier alpha value is -3.85. The second-order valence-electron chi connectivity index (χ2n) is 8.31. The van der Waals surface area contributed by atoms with Crippen molar-refractivity contribution in [3.63, 3.8) is 0 Å². The van der Waals surface area contributed by atoms with E-state index in [4.69, 9.17) is 9.47 Å². The highest BCUT2D eigenvalue weighted by atomic mass is 16.5. The van der Waals surface area contributed by atoms with E-state index >= 15 is 0 Å². The van der Waals surface area contributed by atoms with Crippen LogP contribution < -0.4 is 19.7 Å². The van der Waals surface area contributed by atoms with E-state index in [0.717, 1.165) is 29.3 Å². The zero-order chi connectivity index (χ0) is 24.5. The highest BCUT2D eigenvalue weighted by Gasteiger charge is 2.19. The van der Waals surface area contributed by atoms with E-state index in [0.29, 0.717) is 18.0 Å². The molecule has 4 rings (SSSR count). The molecule has 1 saturated heterocycles. The summed E-state index contributed by atoms with van der Waals surface area (Å²) in [6, 6.07) is 15.8. The van der Waals surface area contributed by atoms with Crippen molar-refractivity contribution in [1.82, 2.24) is 14.9 Å². The van der Waals surface area contributed by atoms with Gasteiger partial charge in [-0.15, -0.1) is 0 Å². The van der Waals surface area contributed by atoms with Gasteiger partial charge >= 0.3 is 6.09 Å². The van der Waals surface area contributed by atoms with Crippen LogP contribution >= 0.6 is 0 Å². The molecule has 9 nitrogen and oxygen atoms in total. The lowest BCUT2D eigenvalue weighted by Crippen LogP contribution is -2.31. The fourth-order valence-corrected chi connectivity index (χ4v) is 4.03. The molecule has 184 valence electrons. The van der Waals surface area contributed by atoms with Crippen molar-refractivity contribution in [2.24, 2.45) is 0 Å². The quantitative estimate of drug-likeness (QED) is 0.380. The van der Waals surface area contributed by atoms with Crippen molar-refractivity contribution < 1.29 is 19.4 Å². The van der Waals surface area contributed by atoms with E-state index < -0.39 is 6.09 Å². The summed E-state index contributed by atoms with van der Waals surface area (Å²) >= 11 is 0. The van der Waals surface area contributed by atoms with Crippen LogP contribution in [0.15, 0.2) is 60.8 Å². The van der Waals surface area contributed by atoms with Gasteiger partial charge in [0, 0.05) is 24.5 Å². The van der Waals surface area contributed by atoms with Crippen molar-refractivity contribution in [3.8, 4) is 11.5 Å². The Morgan fingerprint density at radius 2 is 1.74 bits per heavy atom. The van der Waals surface area contributed by atoms with Crippen molar-refractivity contribution in [3.05, 3.63) is 60.8 Å². The van der Waals surface area contributed by atoms with Gasteiger partial charge in [0.2, 0.25) is 5.95 Å². The Balaban J connectivity index is 1.34. The summed E-state index contributed by atoms with van der Waals surface area (Å²) in [6.07, 6.45) is 5.33. The fourth-order valence-electron chi connectivity index (χ4n) is 4.03. The molecule has 2 N–H and O–H groups in total. The first-order chi connectivity index (χ1) is 17.1. The number of benzene rings is 2. The Labute approximate surface area is 205 Å². The maximum atomic E-state index is 12.0. The molecule has 0 saturated carbocycles. The molecule has 0 atom stereocenters. The van der Waals surface area contributed by atoms with Gasteiger partial charge < -0.3 is 24.8 Å². The number of carbonyl (C=O) groups is 1. The molecule has 1 aliphatic heterocycles. The lowest BCUT2D eigenvalue weighted by atomic mass is 10.1. The molecule has 1 aliphatic rings. The molecule has 1 amide bonds. The maximum Gasteiger partial charge on any atom is 0.417 e. The number of anilines is 4. The zero-order valence-electron chi connectivity index (χ0n) is 19.9. The SMILES string of the molecule is COc1ccc(N(C(=O)O)c2ccnc(Nc3ccc(OCCCN4CCCCC4)cc3)n2)cc1. The number of nitrogens with zero attached hydrogens (tertiary/aromatic N) is 4. The van der Waals surface area contributed by atoms with Gasteiger partial charge in [-0.1, -0.05) is 6.42 Å². The molecule has 35 heavy (non-hydrogen) atoms. The van der Waals surface area contributed by atoms with Crippen molar-refractivity contribution in [2.45, 2.75) is 25.7 Å². The molecule has 0 radical (unpaired) electrons. The number of ether oxygens (including phenoxy) is 2. The van der Waals surface area contributed by atoms with Gasteiger partial charge in [0.1, 0.15) is 17.3 Å². The van der Waals surface area contributed by atoms with E-state index in [1.165, 1.54) is 38.5 Å². The van der Waals surface area contributed by atoms with Gasteiger partial charge in [0.15, 0.2) is 0 Å². The van der Waals surface area contributed by atoms with Gasteiger partial charge in [-0.2, -0.15) is 4.98 Å². The molecule has 1 fully saturated rings. The van der Waals surface area contributed by atoms with Crippen LogP contribution in [-0.4, -0.2) is 59.4 Å². The monoisotopic (exact) mass is 477 g/mol. The molecular weight excluding hydrogens is 446 g/mol. The molecular formula is C26H31N5O4. The highest BCUT2D eigenvalue weighted by Crippen LogP contribution is 2.27. The van der Waals surface area contributed by atoms with E-state index in [-0.39, 0.29) is 11.8 Å². The summed E-state index contributed by atoms with van der Waals surface area (Å²) < 4.78 is 11.0. The molecule has 0 unspecified atom stereocenters. The van der Waals surface area contributed by atoms with E-state index in [9.17, 15) is 9.90 Å². The summed E-state index contributed by atoms with van der Waals surface area (Å²) in [5.41, 5.74) is 1.22. The number of methoxy groups -OCH3 is 1. The minimum atomic E-state index is -1.15. The van der Waals surface area contributed by atoms with Gasteiger partial charge in [-0.25, -0.2) is 14.7 Å². The van der Waals surface area contributed by atoms with Crippen LogP contribution in [0.25, 0.3) is 0 Å². The van der Waals surface area contributed by atoms with Crippen molar-refractivity contribution in [1.29, 1.82) is 0 Å². The Morgan fingerprint density at radius 1 is 1.03 bits per heavy atom. The van der Waals surface area contributed by atoms with Crippen LogP contribution in [-0.2, 0) is 0 Å². The number of rotatable bonds is 10. The second-order valence-corrected chi connectivity index (χ2v) is 8.31. The Bertz CT molecular complexity index is 1090. The van der Waals surface area contributed by atoms with Gasteiger partial charge in [-0.3, -0.25) is 0 Å². The standard InChI is InChI=1S/C26H31N5O4/c1-34-22-12-8-21(9-13-22)31(26(32)33)24-14-15-27-25(29-24)28-20-6-10-23(11-7-20)35-19-5-18-30-16-3-2-4-17-30/h6-15H,2-5,16-19H2,1H3,(H,32,33)(H,27,28,29). The van der Waals surface area contributed by atoms with Crippen LogP contribution in [0.2, 0.25) is 0 Å². The average Bonchev–Trinajstić information content (AvgIpc) is 2.89. The first kappa shape index (κ1) is 24.3. The molecule has 0 spiro atoms. The number of aromatic nitrogens is 2. The first-order valence-corrected chi connectivity index (χ1v) is 11.8. The van der Waals surface area contributed by atoms with Crippen LogP contribution in [0.3, 0.4) is 0 Å². The minimum Gasteiger partial charge on any atom is -0.497 e. The topological polar surface area (TPSA) is 100 Å². The third-order valence-electron chi connectivity index (χ3n) is 5.84. The van der Waals surface area contributed by atoms with Crippen molar-refractivity contribution in [2.75, 3.05) is 43.6 Å². The summed E-state index contributed by atoms with van der Waals surface area (Å²) in [5.74, 6) is 1.96. The second kappa shape index (κ2) is 12.0. The molecule has 0 bridgehead atoms. The third-order valence-corrected chi connectivity index (χ3v) is 5.84. The van der Waals surface area contributed by atoms with E-state index in [1.54, 1.807) is 37.4 Å². The van der Waals surface area contributed by atoms with Crippen LogP contribution in [0, 0.1) is 0 Å². The lowest BCUT2D eigenvalue weighted by molar-refractivity contribution is 0.204. The maximum absolute atomic E-state index is 12.0. The van der Waals surface area contributed by atoms with Crippen LogP contribution in [0.4, 0.5) is 27.9 Å². The lowest BCUT2D eigenvalue weighted by Gasteiger charge is -2.26. The molecule has 9 heteroatoms. The Morgan fingerprint density at radius 3 is 2.43 bits per heavy atom. The Kier molecular flexibility index (Phi) is 8.34. The predicted molar refractivity (Wildman–Crippen MR) is 135 cm³/mol. The van der Waals surface area contributed by atoms with E-state index in [1.807, 2.05) is 24.3 Å². The van der Waals surface area contributed by atoms with Gasteiger partial charge in [-0.05, 0) is 80.9 Å². The number of carboxylic acid groups (broad SMARTS) is 1. The summed E-state index contributed by atoms with van der Waals surface area (Å²) in [6.45, 7) is 4.17. The number of hydrogen-bond acceptors (Lipinski definition) is 7. The zero-order valence-corrected chi connectivity index (χ0v) is 19.9. The van der Waals surface area contributed by atoms with Crippen molar-refractivity contribution >= 4 is 29.2 Å². The molecule has 2 aromatic carbocycles. The minimum absolute atomic E-state index is 0.230. The third kappa shape index (κ3) is 6.83. The fraction of sp³-hybridized carbons (Fsp3) is 0.346. The molecule has 3 aromatic rings. The van der Waals surface area contributed by atoms with E-state index in [2.05, 4.69) is 20.2 Å². The number of likely N-dealkylation sites (tertiary alicyclic amines) is 1. The number of nitrogens with one attached hydrogen (secondary N) is 1. The van der Waals surface area contributed by atoms with Crippen LogP contribution in [0.5, 0.6) is 11.5 Å². The first-order valence-electron chi connectivity index (χ1n) is 11.8. The summed E-state index contributed by atoms with van der Waals surface area (Å²) in [7, 11) is 1.56. The predicted octanol–water partition coefficient (Wildman–Crippen LogP) is 5.30. The summed E-state index contributed by atoms with van der Waals surface area (Å²) in [4.78, 5) is 24.2. The largest absolute Gasteiger partial charge is 0.497 e.